The third-order valence-electron chi connectivity index (χ3n) is 4.62. The monoisotopic (exact) mass is 416 g/mol. The van der Waals surface area contributed by atoms with Gasteiger partial charge in [-0.3, -0.25) is 14.9 Å². The molecule has 6 heteroatoms. The van der Waals surface area contributed by atoms with Crippen LogP contribution in [0.3, 0.4) is 0 Å². The Labute approximate surface area is 181 Å². The number of carbonyl (C=O) groups excluding carboxylic acids is 1. The fourth-order valence-electron chi connectivity index (χ4n) is 3.13. The second-order valence-corrected chi connectivity index (χ2v) is 6.93. The number of hydrogen-bond donors (Lipinski definition) is 1. The van der Waals surface area contributed by atoms with Crippen LogP contribution in [0.2, 0.25) is 0 Å². The van der Waals surface area contributed by atoms with Gasteiger partial charge in [0, 0.05) is 12.1 Å². The quantitative estimate of drug-likeness (QED) is 0.291. The van der Waals surface area contributed by atoms with Crippen molar-refractivity contribution < 1.29 is 14.5 Å². The summed E-state index contributed by atoms with van der Waals surface area (Å²) in [5, 5.41) is 14.4. The molecule has 0 bridgehead atoms. The number of hydrogen-bond acceptors (Lipinski definition) is 4. The smallest absolute Gasteiger partial charge is 0.311 e. The summed E-state index contributed by atoms with van der Waals surface area (Å²) in [6, 6.07) is 23.7. The van der Waals surface area contributed by atoms with Gasteiger partial charge >= 0.3 is 5.69 Å². The molecule has 0 unspecified atom stereocenters. The Bertz CT molecular complexity index is 1010. The van der Waals surface area contributed by atoms with E-state index in [4.69, 9.17) is 4.74 Å². The Balaban J connectivity index is 1.78. The van der Waals surface area contributed by atoms with Crippen LogP contribution in [0.4, 0.5) is 5.69 Å². The van der Waals surface area contributed by atoms with Crippen LogP contribution in [0.25, 0.3) is 6.08 Å². The van der Waals surface area contributed by atoms with Gasteiger partial charge in [0.05, 0.1) is 17.6 Å². The lowest BCUT2D eigenvalue weighted by Gasteiger charge is -2.19. The van der Waals surface area contributed by atoms with Gasteiger partial charge in [-0.15, -0.1) is 0 Å². The SMILES string of the molecule is CCCOc1ccc(/C=C/C(=O)NC(c2ccccc2)c2ccccc2)cc1[N+](=O)[O-]. The predicted octanol–water partition coefficient (Wildman–Crippen LogP) is 5.30. The second-order valence-electron chi connectivity index (χ2n) is 6.93. The number of nitro groups is 1. The highest BCUT2D eigenvalue weighted by Gasteiger charge is 2.17. The summed E-state index contributed by atoms with van der Waals surface area (Å²) in [5.41, 5.74) is 2.34. The number of nitrogens with zero attached hydrogens (tertiary/aromatic N) is 1. The van der Waals surface area contributed by atoms with Gasteiger partial charge in [-0.1, -0.05) is 73.7 Å². The first-order valence-electron chi connectivity index (χ1n) is 10.1. The van der Waals surface area contributed by atoms with E-state index in [1.165, 1.54) is 12.1 Å². The molecular weight excluding hydrogens is 392 g/mol. The van der Waals surface area contributed by atoms with Gasteiger partial charge in [-0.05, 0) is 35.3 Å². The van der Waals surface area contributed by atoms with E-state index < -0.39 is 4.92 Å². The Hall–Kier alpha value is -3.93. The molecule has 0 aromatic heterocycles. The highest BCUT2D eigenvalue weighted by Crippen LogP contribution is 2.28. The van der Waals surface area contributed by atoms with E-state index in [1.54, 1.807) is 18.2 Å². The number of amides is 1. The van der Waals surface area contributed by atoms with Crippen molar-refractivity contribution in [2.75, 3.05) is 6.61 Å². The van der Waals surface area contributed by atoms with E-state index in [0.29, 0.717) is 12.2 Å². The van der Waals surface area contributed by atoms with Crippen LogP contribution in [0, 0.1) is 10.1 Å². The lowest BCUT2D eigenvalue weighted by Crippen LogP contribution is -2.27. The predicted molar refractivity (Wildman–Crippen MR) is 121 cm³/mol. The van der Waals surface area contributed by atoms with Crippen molar-refractivity contribution in [2.45, 2.75) is 19.4 Å². The summed E-state index contributed by atoms with van der Waals surface area (Å²) in [6.07, 6.45) is 3.69. The zero-order valence-corrected chi connectivity index (χ0v) is 17.2. The third-order valence-corrected chi connectivity index (χ3v) is 4.62. The topological polar surface area (TPSA) is 81.5 Å². The van der Waals surface area contributed by atoms with Crippen LogP contribution >= 0.6 is 0 Å². The molecule has 0 saturated carbocycles. The normalized spacial score (nSPS) is 10.9. The van der Waals surface area contributed by atoms with E-state index in [0.717, 1.165) is 17.5 Å². The van der Waals surface area contributed by atoms with Crippen LogP contribution in [-0.2, 0) is 4.79 Å². The summed E-state index contributed by atoms with van der Waals surface area (Å²) >= 11 is 0. The van der Waals surface area contributed by atoms with Gasteiger partial charge in [-0.2, -0.15) is 0 Å². The molecule has 0 heterocycles. The first-order chi connectivity index (χ1) is 15.1. The maximum Gasteiger partial charge on any atom is 0.311 e. The number of benzene rings is 3. The summed E-state index contributed by atoms with van der Waals surface area (Å²) < 4.78 is 5.43. The summed E-state index contributed by atoms with van der Waals surface area (Å²) in [6.45, 7) is 2.33. The second kappa shape index (κ2) is 10.7. The molecule has 0 radical (unpaired) electrons. The van der Waals surface area contributed by atoms with E-state index in [9.17, 15) is 14.9 Å². The van der Waals surface area contributed by atoms with Crippen LogP contribution in [0.1, 0.15) is 36.1 Å². The molecule has 1 N–H and O–H groups in total. The molecule has 0 atom stereocenters. The average molecular weight is 416 g/mol. The van der Waals surface area contributed by atoms with Crippen LogP contribution < -0.4 is 10.1 Å². The minimum Gasteiger partial charge on any atom is -0.487 e. The summed E-state index contributed by atoms with van der Waals surface area (Å²) in [4.78, 5) is 23.5. The standard InChI is InChI=1S/C25H24N2O4/c1-2-17-31-23-15-13-19(18-22(23)27(29)30)14-16-24(28)26-25(20-9-5-3-6-10-20)21-11-7-4-8-12-21/h3-16,18,25H,2,17H2,1H3,(H,26,28)/b16-14+. The third kappa shape index (κ3) is 6.02. The molecule has 0 fully saturated rings. The van der Waals surface area contributed by atoms with E-state index >= 15 is 0 Å². The zero-order chi connectivity index (χ0) is 22.1. The molecule has 0 aliphatic rings. The lowest BCUT2D eigenvalue weighted by atomic mass is 9.98. The van der Waals surface area contributed by atoms with Crippen LogP contribution in [0.15, 0.2) is 84.9 Å². The Morgan fingerprint density at radius 3 is 2.19 bits per heavy atom. The summed E-state index contributed by atoms with van der Waals surface area (Å²) in [7, 11) is 0. The number of nitrogens with one attached hydrogen (secondary N) is 1. The van der Waals surface area contributed by atoms with Gasteiger partial charge in [0.1, 0.15) is 0 Å². The highest BCUT2D eigenvalue weighted by atomic mass is 16.6. The van der Waals surface area contributed by atoms with E-state index in [1.807, 2.05) is 67.6 Å². The maximum absolute atomic E-state index is 12.6. The van der Waals surface area contributed by atoms with Gasteiger partial charge < -0.3 is 10.1 Å². The summed E-state index contributed by atoms with van der Waals surface area (Å²) in [5.74, 6) is -0.0756. The molecule has 0 aliphatic heterocycles. The van der Waals surface area contributed by atoms with E-state index in [-0.39, 0.29) is 23.4 Å². The van der Waals surface area contributed by atoms with Crippen molar-refractivity contribution in [2.24, 2.45) is 0 Å². The molecule has 0 spiro atoms. The molecule has 3 aromatic rings. The van der Waals surface area contributed by atoms with Gasteiger partial charge in [0.2, 0.25) is 5.91 Å². The fourth-order valence-corrected chi connectivity index (χ4v) is 3.13. The highest BCUT2D eigenvalue weighted by molar-refractivity contribution is 5.92. The van der Waals surface area contributed by atoms with Crippen molar-refractivity contribution in [3.8, 4) is 5.75 Å². The molecule has 3 aromatic carbocycles. The Morgan fingerprint density at radius 2 is 1.65 bits per heavy atom. The molecule has 158 valence electrons. The van der Waals surface area contributed by atoms with Gasteiger partial charge in [-0.25, -0.2) is 0 Å². The van der Waals surface area contributed by atoms with E-state index in [2.05, 4.69) is 5.32 Å². The Morgan fingerprint density at radius 1 is 1.03 bits per heavy atom. The van der Waals surface area contributed by atoms with Crippen molar-refractivity contribution in [1.29, 1.82) is 0 Å². The van der Waals surface area contributed by atoms with Gasteiger partial charge in [0.25, 0.3) is 0 Å². The van der Waals surface area contributed by atoms with Crippen molar-refractivity contribution in [1.82, 2.24) is 5.32 Å². The van der Waals surface area contributed by atoms with Crippen molar-refractivity contribution in [3.05, 3.63) is 112 Å². The molecule has 0 aliphatic carbocycles. The molecule has 3 rings (SSSR count). The fraction of sp³-hybridized carbons (Fsp3) is 0.160. The lowest BCUT2D eigenvalue weighted by molar-refractivity contribution is -0.385. The van der Waals surface area contributed by atoms with Crippen LogP contribution in [-0.4, -0.2) is 17.4 Å². The zero-order valence-electron chi connectivity index (χ0n) is 17.2. The maximum atomic E-state index is 12.6. The largest absolute Gasteiger partial charge is 0.487 e. The minimum absolute atomic E-state index is 0.123. The molecule has 6 nitrogen and oxygen atoms in total. The molecule has 0 saturated heterocycles. The minimum atomic E-state index is -0.483. The number of rotatable bonds is 9. The first-order valence-corrected chi connectivity index (χ1v) is 10.1. The Kier molecular flexibility index (Phi) is 7.54. The van der Waals surface area contributed by atoms with Gasteiger partial charge in [0.15, 0.2) is 5.75 Å². The number of ether oxygens (including phenoxy) is 1. The number of nitro benzene ring substituents is 1. The first kappa shape index (κ1) is 21.8. The number of carbonyl (C=O) groups is 1. The molecule has 1 amide bonds. The van der Waals surface area contributed by atoms with Crippen molar-refractivity contribution in [3.63, 3.8) is 0 Å². The molecule has 31 heavy (non-hydrogen) atoms. The van der Waals surface area contributed by atoms with Crippen molar-refractivity contribution >= 4 is 17.7 Å². The van der Waals surface area contributed by atoms with Crippen LogP contribution in [0.5, 0.6) is 5.75 Å². The average Bonchev–Trinajstić information content (AvgIpc) is 2.81. The molecular formula is C25H24N2O4.